The number of carbonyl (C=O) groups is 1. The van der Waals surface area contributed by atoms with E-state index in [1.165, 1.54) is 6.26 Å². The summed E-state index contributed by atoms with van der Waals surface area (Å²) >= 11 is 0. The first kappa shape index (κ1) is 18.7. The number of aromatic amines is 1. The van der Waals surface area contributed by atoms with Gasteiger partial charge >= 0.3 is 0 Å². The van der Waals surface area contributed by atoms with Crippen molar-refractivity contribution < 1.29 is 9.21 Å². The monoisotopic (exact) mass is 386 g/mol. The summed E-state index contributed by atoms with van der Waals surface area (Å²) in [5.74, 6) is -0.0577. The van der Waals surface area contributed by atoms with Gasteiger partial charge in [0.2, 0.25) is 0 Å². The summed E-state index contributed by atoms with van der Waals surface area (Å²) in [6.45, 7) is 6.14. The first-order valence-electron chi connectivity index (χ1n) is 9.47. The predicted molar refractivity (Wildman–Crippen MR) is 114 cm³/mol. The van der Waals surface area contributed by atoms with Crippen LogP contribution in [0.2, 0.25) is 0 Å². The van der Waals surface area contributed by atoms with E-state index in [0.29, 0.717) is 5.56 Å². The standard InChI is InChI=1S/C24H22N2O3/c1-15-6-8-18-13-19(23(27)25-21(18)11-15)14-26(24(28)22-5-4-10-29-22)20-9-7-16(2)17(3)12-20/h4-13H,14H2,1-3H3,(H,25,27). The zero-order valence-corrected chi connectivity index (χ0v) is 16.7. The molecule has 0 aliphatic heterocycles. The molecule has 0 aliphatic rings. The molecule has 0 saturated heterocycles. The van der Waals surface area contributed by atoms with Crippen molar-refractivity contribution in [1.82, 2.24) is 4.98 Å². The largest absolute Gasteiger partial charge is 0.459 e. The Morgan fingerprint density at radius 3 is 2.55 bits per heavy atom. The minimum atomic E-state index is -0.290. The lowest BCUT2D eigenvalue weighted by Gasteiger charge is -2.23. The molecule has 1 amide bonds. The highest BCUT2D eigenvalue weighted by molar-refractivity contribution is 6.04. The normalized spacial score (nSPS) is 11.0. The number of rotatable bonds is 4. The minimum absolute atomic E-state index is 0.140. The van der Waals surface area contributed by atoms with E-state index in [-0.39, 0.29) is 23.8 Å². The molecular weight excluding hydrogens is 364 g/mol. The van der Waals surface area contributed by atoms with Gasteiger partial charge in [-0.2, -0.15) is 0 Å². The Kier molecular flexibility index (Phi) is 4.80. The maximum absolute atomic E-state index is 13.1. The highest BCUT2D eigenvalue weighted by Crippen LogP contribution is 2.23. The molecule has 2 aromatic heterocycles. The number of amides is 1. The number of hydrogen-bond acceptors (Lipinski definition) is 3. The fourth-order valence-corrected chi connectivity index (χ4v) is 3.35. The lowest BCUT2D eigenvalue weighted by Crippen LogP contribution is -2.32. The molecule has 2 heterocycles. The number of anilines is 1. The van der Waals surface area contributed by atoms with Crippen LogP contribution < -0.4 is 10.5 Å². The number of nitrogens with zero attached hydrogens (tertiary/aromatic N) is 1. The number of benzene rings is 2. The molecule has 1 N–H and O–H groups in total. The second-order valence-corrected chi connectivity index (χ2v) is 7.35. The molecule has 2 aromatic carbocycles. The summed E-state index contributed by atoms with van der Waals surface area (Å²) < 4.78 is 5.33. The Morgan fingerprint density at radius 1 is 1.00 bits per heavy atom. The third-order valence-corrected chi connectivity index (χ3v) is 5.19. The van der Waals surface area contributed by atoms with Crippen LogP contribution in [0.15, 0.2) is 70.1 Å². The molecule has 0 bridgehead atoms. The molecule has 0 aliphatic carbocycles. The van der Waals surface area contributed by atoms with Crippen molar-refractivity contribution in [2.24, 2.45) is 0 Å². The molecule has 146 valence electrons. The zero-order chi connectivity index (χ0) is 20.5. The summed E-state index contributed by atoms with van der Waals surface area (Å²) in [5, 5.41) is 0.927. The van der Waals surface area contributed by atoms with E-state index in [0.717, 1.165) is 33.3 Å². The molecule has 4 aromatic rings. The predicted octanol–water partition coefficient (Wildman–Crippen LogP) is 4.89. The van der Waals surface area contributed by atoms with E-state index < -0.39 is 0 Å². The average Bonchev–Trinajstić information content (AvgIpc) is 3.23. The van der Waals surface area contributed by atoms with Gasteiger partial charge in [-0.25, -0.2) is 0 Å². The quantitative estimate of drug-likeness (QED) is 0.543. The van der Waals surface area contributed by atoms with Gasteiger partial charge in [0.25, 0.3) is 11.5 Å². The summed E-state index contributed by atoms with van der Waals surface area (Å²) in [6.07, 6.45) is 1.47. The number of nitrogens with one attached hydrogen (secondary N) is 1. The van der Waals surface area contributed by atoms with E-state index in [2.05, 4.69) is 4.98 Å². The van der Waals surface area contributed by atoms with Crippen molar-refractivity contribution in [3.05, 3.63) is 99.2 Å². The molecule has 0 radical (unpaired) electrons. The molecule has 0 spiro atoms. The topological polar surface area (TPSA) is 66.3 Å². The molecule has 4 rings (SSSR count). The van der Waals surface area contributed by atoms with Gasteiger partial charge in [0, 0.05) is 16.8 Å². The number of fused-ring (bicyclic) bond motifs is 1. The van der Waals surface area contributed by atoms with Crippen LogP contribution in [0.5, 0.6) is 0 Å². The number of hydrogen-bond donors (Lipinski definition) is 1. The van der Waals surface area contributed by atoms with Crippen molar-refractivity contribution >= 4 is 22.5 Å². The van der Waals surface area contributed by atoms with Crippen LogP contribution in [0, 0.1) is 20.8 Å². The lowest BCUT2D eigenvalue weighted by molar-refractivity contribution is 0.0958. The fourth-order valence-electron chi connectivity index (χ4n) is 3.35. The maximum Gasteiger partial charge on any atom is 0.294 e. The summed E-state index contributed by atoms with van der Waals surface area (Å²) in [6, 6.07) is 16.9. The number of aromatic nitrogens is 1. The van der Waals surface area contributed by atoms with Crippen LogP contribution in [0.1, 0.15) is 32.8 Å². The highest BCUT2D eigenvalue weighted by atomic mass is 16.3. The van der Waals surface area contributed by atoms with Gasteiger partial charge in [-0.3, -0.25) is 9.59 Å². The second kappa shape index (κ2) is 7.43. The van der Waals surface area contributed by atoms with E-state index >= 15 is 0 Å². The van der Waals surface area contributed by atoms with Gasteiger partial charge in [0.1, 0.15) is 0 Å². The van der Waals surface area contributed by atoms with Crippen molar-refractivity contribution in [3.63, 3.8) is 0 Å². The van der Waals surface area contributed by atoms with Gasteiger partial charge in [-0.05, 0) is 79.2 Å². The second-order valence-electron chi connectivity index (χ2n) is 7.35. The van der Waals surface area contributed by atoms with Crippen molar-refractivity contribution in [2.45, 2.75) is 27.3 Å². The van der Waals surface area contributed by atoms with E-state index in [1.54, 1.807) is 17.0 Å². The maximum atomic E-state index is 13.1. The van der Waals surface area contributed by atoms with Gasteiger partial charge in [0.15, 0.2) is 5.76 Å². The Labute approximate surface area is 168 Å². The van der Waals surface area contributed by atoms with Gasteiger partial charge in [0.05, 0.1) is 12.8 Å². The van der Waals surface area contributed by atoms with Crippen LogP contribution in [-0.4, -0.2) is 10.9 Å². The Morgan fingerprint density at radius 2 is 1.83 bits per heavy atom. The average molecular weight is 386 g/mol. The van der Waals surface area contributed by atoms with E-state index in [9.17, 15) is 9.59 Å². The number of aryl methyl sites for hydroxylation is 3. The molecule has 5 nitrogen and oxygen atoms in total. The van der Waals surface area contributed by atoms with E-state index in [4.69, 9.17) is 4.42 Å². The van der Waals surface area contributed by atoms with Crippen molar-refractivity contribution in [2.75, 3.05) is 4.90 Å². The Hall–Kier alpha value is -3.60. The molecule has 0 unspecified atom stereocenters. The van der Waals surface area contributed by atoms with Gasteiger partial charge < -0.3 is 14.3 Å². The third-order valence-electron chi connectivity index (χ3n) is 5.19. The fraction of sp³-hybridized carbons (Fsp3) is 0.167. The van der Waals surface area contributed by atoms with Crippen LogP contribution in [-0.2, 0) is 6.54 Å². The molecule has 29 heavy (non-hydrogen) atoms. The number of H-pyrrole nitrogens is 1. The van der Waals surface area contributed by atoms with Gasteiger partial charge in [-0.15, -0.1) is 0 Å². The van der Waals surface area contributed by atoms with Crippen LogP contribution in [0.3, 0.4) is 0 Å². The summed E-state index contributed by atoms with van der Waals surface area (Å²) in [4.78, 5) is 30.4. The molecule has 0 saturated carbocycles. The molecular formula is C24H22N2O3. The molecule has 0 fully saturated rings. The minimum Gasteiger partial charge on any atom is -0.459 e. The summed E-state index contributed by atoms with van der Waals surface area (Å²) in [5.41, 5.74) is 5.10. The van der Waals surface area contributed by atoms with Crippen molar-refractivity contribution in [1.29, 1.82) is 0 Å². The van der Waals surface area contributed by atoms with Crippen LogP contribution in [0.25, 0.3) is 10.9 Å². The Balaban J connectivity index is 1.79. The van der Waals surface area contributed by atoms with Crippen molar-refractivity contribution in [3.8, 4) is 0 Å². The number of pyridine rings is 1. The number of carbonyl (C=O) groups excluding carboxylic acids is 1. The van der Waals surface area contributed by atoms with Crippen LogP contribution >= 0.6 is 0 Å². The molecule has 0 atom stereocenters. The number of furan rings is 1. The van der Waals surface area contributed by atoms with Gasteiger partial charge in [-0.1, -0.05) is 18.2 Å². The first-order chi connectivity index (χ1) is 13.9. The molecule has 5 heteroatoms. The smallest absolute Gasteiger partial charge is 0.294 e. The van der Waals surface area contributed by atoms with Crippen LogP contribution in [0.4, 0.5) is 5.69 Å². The highest BCUT2D eigenvalue weighted by Gasteiger charge is 2.22. The lowest BCUT2D eigenvalue weighted by atomic mass is 10.1. The Bertz CT molecular complexity index is 1250. The summed E-state index contributed by atoms with van der Waals surface area (Å²) in [7, 11) is 0. The van der Waals surface area contributed by atoms with E-state index in [1.807, 2.05) is 63.2 Å². The zero-order valence-electron chi connectivity index (χ0n) is 16.7. The first-order valence-corrected chi connectivity index (χ1v) is 9.47. The SMILES string of the molecule is Cc1ccc2cc(CN(C(=O)c3ccco3)c3ccc(C)c(C)c3)c(=O)[nH]c2c1. The third kappa shape index (κ3) is 3.72.